The van der Waals surface area contributed by atoms with Gasteiger partial charge in [0.1, 0.15) is 11.8 Å². The van der Waals surface area contributed by atoms with Gasteiger partial charge in [0.25, 0.3) is 11.8 Å². The van der Waals surface area contributed by atoms with Crippen LogP contribution in [0.15, 0.2) is 18.2 Å². The van der Waals surface area contributed by atoms with Crippen LogP contribution in [-0.4, -0.2) is 72.3 Å². The number of benzene rings is 1. The first-order chi connectivity index (χ1) is 13.0. The molecule has 9 nitrogen and oxygen atoms in total. The highest BCUT2D eigenvalue weighted by molar-refractivity contribution is 6.00. The molecule has 1 aromatic rings. The average molecular weight is 372 g/mol. The monoisotopic (exact) mass is 372 g/mol. The molecule has 0 aliphatic carbocycles. The Labute approximate surface area is 155 Å². The third-order valence-corrected chi connectivity index (χ3v) is 5.03. The second kappa shape index (κ2) is 6.90. The van der Waals surface area contributed by atoms with E-state index in [0.29, 0.717) is 56.0 Å². The topological polar surface area (TPSA) is 108 Å². The summed E-state index contributed by atoms with van der Waals surface area (Å²) in [5.41, 5.74) is 0.949. The number of piperazine rings is 1. The Morgan fingerprint density at radius 1 is 1.04 bits per heavy atom. The molecule has 27 heavy (non-hydrogen) atoms. The minimum atomic E-state index is -0.441. The van der Waals surface area contributed by atoms with Crippen molar-refractivity contribution >= 4 is 29.3 Å². The molecular weight excluding hydrogens is 352 g/mol. The summed E-state index contributed by atoms with van der Waals surface area (Å²) < 4.78 is 5.30. The van der Waals surface area contributed by atoms with E-state index in [0.717, 1.165) is 0 Å². The predicted octanol–water partition coefficient (Wildman–Crippen LogP) is -0.419. The standard InChI is InChI=1S/C18H20N4O5/c23-15-4-2-12(19-15)18(26)22-7-5-21(6-8-22)17(25)11-1-3-14-13(9-11)20-16(24)10-27-14/h1,3,9,12H,2,4-8,10H2,(H,19,23)(H,20,24). The van der Waals surface area contributed by atoms with E-state index in [1.165, 1.54) is 0 Å². The van der Waals surface area contributed by atoms with Gasteiger partial charge in [0.05, 0.1) is 5.69 Å². The first-order valence-electron chi connectivity index (χ1n) is 8.95. The highest BCUT2D eigenvalue weighted by Gasteiger charge is 2.33. The molecule has 1 atom stereocenters. The van der Waals surface area contributed by atoms with Gasteiger partial charge >= 0.3 is 0 Å². The highest BCUT2D eigenvalue weighted by Crippen LogP contribution is 2.29. The van der Waals surface area contributed by atoms with Gasteiger partial charge in [-0.1, -0.05) is 0 Å². The van der Waals surface area contributed by atoms with Gasteiger partial charge in [-0.2, -0.15) is 0 Å². The van der Waals surface area contributed by atoms with Crippen molar-refractivity contribution in [2.75, 3.05) is 38.1 Å². The Bertz CT molecular complexity index is 816. The minimum absolute atomic E-state index is 0.0300. The summed E-state index contributed by atoms with van der Waals surface area (Å²) in [6, 6.07) is 4.51. The fourth-order valence-electron chi connectivity index (χ4n) is 3.55. The molecule has 3 aliphatic rings. The van der Waals surface area contributed by atoms with E-state index in [-0.39, 0.29) is 30.2 Å². The van der Waals surface area contributed by atoms with E-state index in [1.54, 1.807) is 28.0 Å². The quantitative estimate of drug-likeness (QED) is 0.733. The summed E-state index contributed by atoms with van der Waals surface area (Å²) in [7, 11) is 0. The summed E-state index contributed by atoms with van der Waals surface area (Å²) in [6.45, 7) is 1.68. The molecule has 4 amide bonds. The number of rotatable bonds is 2. The molecule has 9 heteroatoms. The molecule has 0 bridgehead atoms. The maximum atomic E-state index is 12.8. The van der Waals surface area contributed by atoms with Crippen LogP contribution in [0.5, 0.6) is 5.75 Å². The Morgan fingerprint density at radius 3 is 2.48 bits per heavy atom. The molecule has 3 heterocycles. The van der Waals surface area contributed by atoms with Crippen molar-refractivity contribution in [1.29, 1.82) is 0 Å². The fourth-order valence-corrected chi connectivity index (χ4v) is 3.55. The van der Waals surface area contributed by atoms with Gasteiger partial charge in [0, 0.05) is 38.2 Å². The largest absolute Gasteiger partial charge is 0.482 e. The number of ether oxygens (including phenoxy) is 1. The van der Waals surface area contributed by atoms with E-state index in [9.17, 15) is 19.2 Å². The molecule has 0 aromatic heterocycles. The van der Waals surface area contributed by atoms with E-state index < -0.39 is 6.04 Å². The van der Waals surface area contributed by atoms with Crippen LogP contribution < -0.4 is 15.4 Å². The second-order valence-electron chi connectivity index (χ2n) is 6.82. The Kier molecular flexibility index (Phi) is 4.43. The van der Waals surface area contributed by atoms with Crippen molar-refractivity contribution in [1.82, 2.24) is 15.1 Å². The predicted molar refractivity (Wildman–Crippen MR) is 94.2 cm³/mol. The molecule has 2 fully saturated rings. The lowest BCUT2D eigenvalue weighted by molar-refractivity contribution is -0.135. The van der Waals surface area contributed by atoms with Crippen molar-refractivity contribution < 1.29 is 23.9 Å². The zero-order chi connectivity index (χ0) is 19.0. The van der Waals surface area contributed by atoms with E-state index in [4.69, 9.17) is 4.74 Å². The molecule has 4 rings (SSSR count). The Balaban J connectivity index is 1.37. The number of fused-ring (bicyclic) bond motifs is 1. The zero-order valence-corrected chi connectivity index (χ0v) is 14.7. The van der Waals surface area contributed by atoms with Crippen LogP contribution in [0.4, 0.5) is 5.69 Å². The van der Waals surface area contributed by atoms with Gasteiger partial charge in [-0.05, 0) is 24.6 Å². The van der Waals surface area contributed by atoms with Crippen molar-refractivity contribution in [3.8, 4) is 5.75 Å². The van der Waals surface area contributed by atoms with Gasteiger partial charge in [0.15, 0.2) is 6.61 Å². The number of hydrogen-bond acceptors (Lipinski definition) is 5. The molecular formula is C18H20N4O5. The maximum Gasteiger partial charge on any atom is 0.262 e. The Morgan fingerprint density at radius 2 is 1.78 bits per heavy atom. The molecule has 1 unspecified atom stereocenters. The van der Waals surface area contributed by atoms with Gasteiger partial charge in [0.2, 0.25) is 11.8 Å². The van der Waals surface area contributed by atoms with Crippen molar-refractivity contribution in [3.05, 3.63) is 23.8 Å². The van der Waals surface area contributed by atoms with Crippen molar-refractivity contribution in [2.24, 2.45) is 0 Å². The van der Waals surface area contributed by atoms with Crippen LogP contribution in [0.3, 0.4) is 0 Å². The van der Waals surface area contributed by atoms with E-state index >= 15 is 0 Å². The molecule has 0 spiro atoms. The van der Waals surface area contributed by atoms with E-state index in [2.05, 4.69) is 10.6 Å². The number of hydrogen-bond donors (Lipinski definition) is 2. The number of amides is 4. The Hall–Kier alpha value is -3.10. The highest BCUT2D eigenvalue weighted by atomic mass is 16.5. The van der Waals surface area contributed by atoms with E-state index in [1.807, 2.05) is 0 Å². The third-order valence-electron chi connectivity index (χ3n) is 5.03. The van der Waals surface area contributed by atoms with Crippen LogP contribution in [-0.2, 0) is 14.4 Å². The van der Waals surface area contributed by atoms with Crippen LogP contribution in [0.2, 0.25) is 0 Å². The summed E-state index contributed by atoms with van der Waals surface area (Å²) >= 11 is 0. The molecule has 3 aliphatic heterocycles. The number of nitrogens with zero attached hydrogens (tertiary/aromatic N) is 2. The summed E-state index contributed by atoms with van der Waals surface area (Å²) in [5.74, 6) is -0.0375. The number of anilines is 1. The summed E-state index contributed by atoms with van der Waals surface area (Å²) in [6.07, 6.45) is 0.910. The maximum absolute atomic E-state index is 12.8. The molecule has 142 valence electrons. The number of carbonyl (C=O) groups excluding carboxylic acids is 4. The molecule has 0 radical (unpaired) electrons. The number of nitrogens with one attached hydrogen (secondary N) is 2. The minimum Gasteiger partial charge on any atom is -0.482 e. The first kappa shape index (κ1) is 17.3. The average Bonchev–Trinajstić information content (AvgIpc) is 3.12. The SMILES string of the molecule is O=C1COc2ccc(C(=O)N3CCN(C(=O)C4CCC(=O)N4)CC3)cc2N1. The second-order valence-corrected chi connectivity index (χ2v) is 6.82. The smallest absolute Gasteiger partial charge is 0.262 e. The van der Waals surface area contributed by atoms with Crippen molar-refractivity contribution in [3.63, 3.8) is 0 Å². The lowest BCUT2D eigenvalue weighted by atomic mass is 10.1. The molecule has 2 saturated heterocycles. The first-order valence-corrected chi connectivity index (χ1v) is 8.95. The summed E-state index contributed by atoms with van der Waals surface area (Å²) in [5, 5.41) is 5.38. The van der Waals surface area contributed by atoms with Gasteiger partial charge < -0.3 is 25.2 Å². The van der Waals surface area contributed by atoms with Crippen LogP contribution in [0.1, 0.15) is 23.2 Å². The van der Waals surface area contributed by atoms with Crippen LogP contribution >= 0.6 is 0 Å². The zero-order valence-electron chi connectivity index (χ0n) is 14.7. The summed E-state index contributed by atoms with van der Waals surface area (Å²) in [4.78, 5) is 51.3. The fraction of sp³-hybridized carbons (Fsp3) is 0.444. The van der Waals surface area contributed by atoms with Gasteiger partial charge in [-0.15, -0.1) is 0 Å². The molecule has 0 saturated carbocycles. The van der Waals surface area contributed by atoms with Crippen LogP contribution in [0.25, 0.3) is 0 Å². The molecule has 1 aromatic carbocycles. The van der Waals surface area contributed by atoms with Crippen molar-refractivity contribution in [2.45, 2.75) is 18.9 Å². The lowest BCUT2D eigenvalue weighted by Crippen LogP contribution is -2.54. The van der Waals surface area contributed by atoms with Gasteiger partial charge in [-0.25, -0.2) is 0 Å². The lowest BCUT2D eigenvalue weighted by Gasteiger charge is -2.36. The third kappa shape index (κ3) is 3.44. The van der Waals surface area contributed by atoms with Crippen LogP contribution in [0, 0.1) is 0 Å². The van der Waals surface area contributed by atoms with Gasteiger partial charge in [-0.3, -0.25) is 19.2 Å². The number of carbonyl (C=O) groups is 4. The normalized spacial score (nSPS) is 21.9. The molecule has 2 N–H and O–H groups in total.